The van der Waals surface area contributed by atoms with E-state index in [2.05, 4.69) is 4.98 Å². The van der Waals surface area contributed by atoms with E-state index >= 15 is 0 Å². The molecule has 1 aromatic rings. The van der Waals surface area contributed by atoms with Gasteiger partial charge >= 0.3 is 0 Å². The van der Waals surface area contributed by atoms with E-state index in [4.69, 9.17) is 5.11 Å². The van der Waals surface area contributed by atoms with Crippen LogP contribution < -0.4 is 4.90 Å². The average Bonchev–Trinajstić information content (AvgIpc) is 2.05. The van der Waals surface area contributed by atoms with Crippen molar-refractivity contribution in [3.63, 3.8) is 0 Å². The Morgan fingerprint density at radius 1 is 1.67 bits per heavy atom. The van der Waals surface area contributed by atoms with Gasteiger partial charge in [0, 0.05) is 19.8 Å². The number of aliphatic hydroxyl groups excluding tert-OH is 1. The summed E-state index contributed by atoms with van der Waals surface area (Å²) in [4.78, 5) is 5.40. The fraction of sp³-hybridized carbons (Fsp3) is 0.375. The molecule has 1 heterocycles. The van der Waals surface area contributed by atoms with Crippen LogP contribution in [0, 0.1) is 5.82 Å². The number of nitrogens with zero attached hydrogens (tertiary/aromatic N) is 2. The van der Waals surface area contributed by atoms with Gasteiger partial charge in [0.05, 0.1) is 6.61 Å². The van der Waals surface area contributed by atoms with Crippen LogP contribution in [-0.2, 0) is 0 Å². The Labute approximate surface area is 70.5 Å². The normalized spacial score (nSPS) is 9.92. The number of aromatic nitrogens is 1. The van der Waals surface area contributed by atoms with Crippen molar-refractivity contribution in [1.29, 1.82) is 0 Å². The molecule has 0 radical (unpaired) electrons. The molecule has 0 saturated heterocycles. The van der Waals surface area contributed by atoms with Gasteiger partial charge in [0.15, 0.2) is 11.6 Å². The molecule has 3 nitrogen and oxygen atoms in total. The van der Waals surface area contributed by atoms with Crippen molar-refractivity contribution in [2.75, 3.05) is 25.1 Å². The Kier molecular flexibility index (Phi) is 2.99. The second-order valence-electron chi connectivity index (χ2n) is 2.45. The molecule has 1 rings (SSSR count). The summed E-state index contributed by atoms with van der Waals surface area (Å²) in [6.45, 7) is 0.375. The monoisotopic (exact) mass is 170 g/mol. The zero-order valence-electron chi connectivity index (χ0n) is 6.87. The molecule has 0 aliphatic heterocycles. The predicted octanol–water partition coefficient (Wildman–Crippen LogP) is 0.649. The lowest BCUT2D eigenvalue weighted by molar-refractivity contribution is 0.303. The van der Waals surface area contributed by atoms with Crippen molar-refractivity contribution >= 4 is 5.82 Å². The summed E-state index contributed by atoms with van der Waals surface area (Å²) in [7, 11) is 1.68. The number of rotatable bonds is 3. The van der Waals surface area contributed by atoms with Gasteiger partial charge in [0.2, 0.25) is 0 Å². The Bertz CT molecular complexity index is 255. The highest BCUT2D eigenvalue weighted by atomic mass is 19.1. The molecule has 1 aromatic heterocycles. The molecule has 1 N–H and O–H groups in total. The molecule has 66 valence electrons. The fourth-order valence-electron chi connectivity index (χ4n) is 0.914. The number of likely N-dealkylation sites (N-methyl/N-ethyl adjacent to an activating group) is 1. The van der Waals surface area contributed by atoms with E-state index < -0.39 is 0 Å². The minimum atomic E-state index is -0.367. The number of pyridine rings is 1. The third-order valence-corrected chi connectivity index (χ3v) is 1.54. The van der Waals surface area contributed by atoms with Crippen LogP contribution in [-0.4, -0.2) is 30.3 Å². The Morgan fingerprint density at radius 3 is 3.00 bits per heavy atom. The molecule has 0 unspecified atom stereocenters. The molecule has 0 atom stereocenters. The molecule has 0 amide bonds. The van der Waals surface area contributed by atoms with E-state index in [1.54, 1.807) is 11.9 Å². The van der Waals surface area contributed by atoms with Crippen LogP contribution in [0.3, 0.4) is 0 Å². The maximum atomic E-state index is 13.0. The van der Waals surface area contributed by atoms with Crippen LogP contribution in [0.1, 0.15) is 0 Å². The molecule has 12 heavy (non-hydrogen) atoms. The third-order valence-electron chi connectivity index (χ3n) is 1.54. The van der Waals surface area contributed by atoms with Crippen LogP contribution in [0.5, 0.6) is 0 Å². The molecular weight excluding hydrogens is 159 g/mol. The van der Waals surface area contributed by atoms with Crippen LogP contribution in [0.4, 0.5) is 10.2 Å². The first-order valence-corrected chi connectivity index (χ1v) is 3.68. The van der Waals surface area contributed by atoms with Gasteiger partial charge in [-0.1, -0.05) is 0 Å². The van der Waals surface area contributed by atoms with Crippen molar-refractivity contribution in [1.82, 2.24) is 4.98 Å². The van der Waals surface area contributed by atoms with E-state index in [0.717, 1.165) is 0 Å². The van der Waals surface area contributed by atoms with E-state index in [0.29, 0.717) is 6.54 Å². The number of hydrogen-bond donors (Lipinski definition) is 1. The number of hydrogen-bond acceptors (Lipinski definition) is 3. The lowest BCUT2D eigenvalue weighted by atomic mass is 10.4. The molecule has 0 fully saturated rings. The third kappa shape index (κ3) is 1.92. The summed E-state index contributed by atoms with van der Waals surface area (Å²) >= 11 is 0. The van der Waals surface area contributed by atoms with Gasteiger partial charge in [0.1, 0.15) is 0 Å². The Hall–Kier alpha value is -1.16. The van der Waals surface area contributed by atoms with Crippen molar-refractivity contribution in [2.24, 2.45) is 0 Å². The van der Waals surface area contributed by atoms with Gasteiger partial charge in [-0.25, -0.2) is 9.37 Å². The SMILES string of the molecule is CN(CCO)c1ncccc1F. The van der Waals surface area contributed by atoms with Crippen LogP contribution in [0.2, 0.25) is 0 Å². The number of aliphatic hydroxyl groups is 1. The van der Waals surface area contributed by atoms with E-state index in [1.165, 1.54) is 18.3 Å². The van der Waals surface area contributed by atoms with Gasteiger partial charge < -0.3 is 10.0 Å². The maximum Gasteiger partial charge on any atom is 0.165 e. The second kappa shape index (κ2) is 4.01. The highest BCUT2D eigenvalue weighted by molar-refractivity contribution is 5.38. The van der Waals surface area contributed by atoms with Gasteiger partial charge in [-0.2, -0.15) is 0 Å². The van der Waals surface area contributed by atoms with Crippen molar-refractivity contribution < 1.29 is 9.50 Å². The average molecular weight is 170 g/mol. The van der Waals surface area contributed by atoms with E-state index in [1.807, 2.05) is 0 Å². The van der Waals surface area contributed by atoms with Crippen molar-refractivity contribution in [2.45, 2.75) is 0 Å². The first-order valence-electron chi connectivity index (χ1n) is 3.68. The Morgan fingerprint density at radius 2 is 2.42 bits per heavy atom. The lowest BCUT2D eigenvalue weighted by Crippen LogP contribution is -2.23. The van der Waals surface area contributed by atoms with Crippen LogP contribution in [0.15, 0.2) is 18.3 Å². The maximum absolute atomic E-state index is 13.0. The lowest BCUT2D eigenvalue weighted by Gasteiger charge is -2.16. The van der Waals surface area contributed by atoms with Gasteiger partial charge in [-0.3, -0.25) is 0 Å². The van der Waals surface area contributed by atoms with E-state index in [-0.39, 0.29) is 18.2 Å². The molecule has 0 aromatic carbocycles. The summed E-state index contributed by atoms with van der Waals surface area (Å²) in [5.41, 5.74) is 0. The Balaban J connectivity index is 2.79. The van der Waals surface area contributed by atoms with Crippen LogP contribution >= 0.6 is 0 Å². The van der Waals surface area contributed by atoms with Gasteiger partial charge in [-0.05, 0) is 12.1 Å². The topological polar surface area (TPSA) is 36.4 Å². The number of halogens is 1. The van der Waals surface area contributed by atoms with Gasteiger partial charge in [0.25, 0.3) is 0 Å². The highest BCUT2D eigenvalue weighted by Gasteiger charge is 2.06. The molecular formula is C8H11FN2O. The highest BCUT2D eigenvalue weighted by Crippen LogP contribution is 2.12. The summed E-state index contributed by atoms with van der Waals surface area (Å²) in [5.74, 6) is -0.0972. The standard InChI is InChI=1S/C8H11FN2O/c1-11(5-6-12)8-7(9)3-2-4-10-8/h2-4,12H,5-6H2,1H3. The van der Waals surface area contributed by atoms with Crippen molar-refractivity contribution in [3.05, 3.63) is 24.1 Å². The molecule has 0 saturated carbocycles. The molecule has 0 spiro atoms. The summed E-state index contributed by atoms with van der Waals surface area (Å²) in [6, 6.07) is 2.88. The summed E-state index contributed by atoms with van der Waals surface area (Å²) in [6.07, 6.45) is 1.52. The molecule has 4 heteroatoms. The summed E-state index contributed by atoms with van der Waals surface area (Å²) < 4.78 is 13.0. The minimum absolute atomic E-state index is 0.00743. The first-order chi connectivity index (χ1) is 5.75. The van der Waals surface area contributed by atoms with Gasteiger partial charge in [-0.15, -0.1) is 0 Å². The van der Waals surface area contributed by atoms with Crippen molar-refractivity contribution in [3.8, 4) is 0 Å². The predicted molar refractivity (Wildman–Crippen MR) is 44.6 cm³/mol. The first kappa shape index (κ1) is 8.93. The molecule has 0 aliphatic rings. The molecule has 0 bridgehead atoms. The smallest absolute Gasteiger partial charge is 0.165 e. The van der Waals surface area contributed by atoms with E-state index in [9.17, 15) is 4.39 Å². The van der Waals surface area contributed by atoms with Crippen LogP contribution in [0.25, 0.3) is 0 Å². The fourth-order valence-corrected chi connectivity index (χ4v) is 0.914. The summed E-state index contributed by atoms with van der Waals surface area (Å²) in [5, 5.41) is 8.60. The zero-order valence-corrected chi connectivity index (χ0v) is 6.87. The second-order valence-corrected chi connectivity index (χ2v) is 2.45. The molecule has 0 aliphatic carbocycles. The quantitative estimate of drug-likeness (QED) is 0.723. The number of anilines is 1. The minimum Gasteiger partial charge on any atom is -0.395 e. The largest absolute Gasteiger partial charge is 0.395 e. The zero-order chi connectivity index (χ0) is 8.97.